The molecule has 0 unspecified atom stereocenters. The van der Waals surface area contributed by atoms with E-state index in [0.717, 1.165) is 67.1 Å². The topological polar surface area (TPSA) is 59.0 Å². The van der Waals surface area contributed by atoms with E-state index in [0.29, 0.717) is 12.5 Å². The lowest BCUT2D eigenvalue weighted by molar-refractivity contribution is 0.145. The van der Waals surface area contributed by atoms with Crippen molar-refractivity contribution in [1.82, 2.24) is 24.4 Å². The number of hydrogen-bond donors (Lipinski definition) is 0. The van der Waals surface area contributed by atoms with Crippen LogP contribution >= 0.6 is 0 Å². The fourth-order valence-corrected chi connectivity index (χ4v) is 3.80. The standard InChI is InChI=1S/C22H25N5O2/c1-25-10-12-26(13-11-25)8-4-14-28-21-16-18(22-23-7-9-27(22)24-21)20-15-17-5-2-3-6-19(17)29-20/h2-3,5-7,9,15-16H,4,8,10-14H2,1H3. The Labute approximate surface area is 169 Å². The predicted octanol–water partition coefficient (Wildman–Crippen LogP) is 3.16. The zero-order valence-electron chi connectivity index (χ0n) is 16.6. The lowest BCUT2D eigenvalue weighted by Crippen LogP contribution is -2.44. The Balaban J connectivity index is 1.31. The van der Waals surface area contributed by atoms with Crippen molar-refractivity contribution in [2.24, 2.45) is 0 Å². The van der Waals surface area contributed by atoms with Gasteiger partial charge in [-0.05, 0) is 25.6 Å². The van der Waals surface area contributed by atoms with Gasteiger partial charge in [-0.25, -0.2) is 9.50 Å². The van der Waals surface area contributed by atoms with Gasteiger partial charge in [-0.1, -0.05) is 18.2 Å². The summed E-state index contributed by atoms with van der Waals surface area (Å²) in [7, 11) is 2.18. The predicted molar refractivity (Wildman–Crippen MR) is 112 cm³/mol. The SMILES string of the molecule is CN1CCN(CCCOc2cc(-c3cc4ccccc4o3)c3nccn3n2)CC1. The van der Waals surface area contributed by atoms with Gasteiger partial charge < -0.3 is 19.0 Å². The minimum absolute atomic E-state index is 0.587. The minimum Gasteiger partial charge on any atom is -0.477 e. The number of nitrogens with zero attached hydrogens (tertiary/aromatic N) is 5. The molecule has 4 heterocycles. The number of ether oxygens (including phenoxy) is 1. The number of benzene rings is 1. The molecule has 7 heteroatoms. The lowest BCUT2D eigenvalue weighted by Gasteiger charge is -2.32. The third-order valence-electron chi connectivity index (χ3n) is 5.49. The second kappa shape index (κ2) is 7.85. The van der Waals surface area contributed by atoms with Gasteiger partial charge >= 0.3 is 0 Å². The summed E-state index contributed by atoms with van der Waals surface area (Å²) in [5, 5.41) is 5.61. The summed E-state index contributed by atoms with van der Waals surface area (Å²) in [6.45, 7) is 6.23. The Morgan fingerprint density at radius 2 is 1.97 bits per heavy atom. The van der Waals surface area contributed by atoms with Gasteiger partial charge in [-0.3, -0.25) is 0 Å². The molecule has 1 aromatic carbocycles. The Morgan fingerprint density at radius 3 is 2.83 bits per heavy atom. The van der Waals surface area contributed by atoms with Crippen molar-refractivity contribution in [3.63, 3.8) is 0 Å². The molecule has 0 spiro atoms. The lowest BCUT2D eigenvalue weighted by atomic mass is 10.2. The zero-order chi connectivity index (χ0) is 19.6. The molecule has 0 aliphatic carbocycles. The second-order valence-electron chi connectivity index (χ2n) is 7.59. The number of rotatable bonds is 6. The van der Waals surface area contributed by atoms with Crippen LogP contribution in [0.3, 0.4) is 0 Å². The summed E-state index contributed by atoms with van der Waals surface area (Å²) >= 11 is 0. The first-order valence-corrected chi connectivity index (χ1v) is 10.1. The van der Waals surface area contributed by atoms with E-state index in [1.165, 1.54) is 0 Å². The Morgan fingerprint density at radius 1 is 1.10 bits per heavy atom. The van der Waals surface area contributed by atoms with Gasteiger partial charge in [0.2, 0.25) is 5.88 Å². The molecule has 7 nitrogen and oxygen atoms in total. The van der Waals surface area contributed by atoms with Crippen molar-refractivity contribution in [2.45, 2.75) is 6.42 Å². The van der Waals surface area contributed by atoms with Crippen LogP contribution in [0.1, 0.15) is 6.42 Å². The highest BCUT2D eigenvalue weighted by atomic mass is 16.5. The van der Waals surface area contributed by atoms with E-state index in [4.69, 9.17) is 9.15 Å². The van der Waals surface area contributed by atoms with Crippen LogP contribution in [0.4, 0.5) is 0 Å². The number of furan rings is 1. The average molecular weight is 391 g/mol. The number of likely N-dealkylation sites (N-methyl/N-ethyl adjacent to an activating group) is 1. The molecule has 0 bridgehead atoms. The van der Waals surface area contributed by atoms with Crippen LogP contribution in [0.2, 0.25) is 0 Å². The summed E-state index contributed by atoms with van der Waals surface area (Å²) in [5.74, 6) is 1.36. The van der Waals surface area contributed by atoms with Crippen LogP contribution in [-0.2, 0) is 0 Å². The molecular weight excluding hydrogens is 366 g/mol. The van der Waals surface area contributed by atoms with Crippen molar-refractivity contribution < 1.29 is 9.15 Å². The quantitative estimate of drug-likeness (QED) is 0.471. The van der Waals surface area contributed by atoms with Gasteiger partial charge in [-0.2, -0.15) is 0 Å². The molecule has 0 N–H and O–H groups in total. The third-order valence-corrected chi connectivity index (χ3v) is 5.49. The molecule has 3 aromatic heterocycles. The van der Waals surface area contributed by atoms with E-state index < -0.39 is 0 Å². The molecule has 29 heavy (non-hydrogen) atoms. The Kier molecular flexibility index (Phi) is 4.91. The highest BCUT2D eigenvalue weighted by molar-refractivity contribution is 5.86. The number of aromatic nitrogens is 3. The monoisotopic (exact) mass is 391 g/mol. The van der Waals surface area contributed by atoms with Gasteiger partial charge in [0, 0.05) is 56.6 Å². The van der Waals surface area contributed by atoms with Crippen LogP contribution in [-0.4, -0.2) is 70.8 Å². The smallest absolute Gasteiger partial charge is 0.232 e. The molecular formula is C22H25N5O2. The van der Waals surface area contributed by atoms with Gasteiger partial charge in [0.15, 0.2) is 5.65 Å². The summed E-state index contributed by atoms with van der Waals surface area (Å²) < 4.78 is 13.8. The van der Waals surface area contributed by atoms with Crippen LogP contribution in [0.5, 0.6) is 5.88 Å². The van der Waals surface area contributed by atoms with Crippen molar-refractivity contribution in [1.29, 1.82) is 0 Å². The average Bonchev–Trinajstić information content (AvgIpc) is 3.38. The van der Waals surface area contributed by atoms with Crippen LogP contribution < -0.4 is 4.74 Å². The summed E-state index contributed by atoms with van der Waals surface area (Å²) in [4.78, 5) is 9.31. The zero-order valence-corrected chi connectivity index (χ0v) is 16.6. The van der Waals surface area contributed by atoms with Crippen molar-refractivity contribution in [3.05, 3.63) is 48.8 Å². The Bertz CT molecular complexity index is 1080. The maximum absolute atomic E-state index is 6.05. The Hall–Kier alpha value is -2.90. The molecule has 0 radical (unpaired) electrons. The van der Waals surface area contributed by atoms with Crippen LogP contribution in [0.25, 0.3) is 27.9 Å². The highest BCUT2D eigenvalue weighted by Crippen LogP contribution is 2.31. The van der Waals surface area contributed by atoms with Crippen molar-refractivity contribution >= 4 is 16.6 Å². The fraction of sp³-hybridized carbons (Fsp3) is 0.364. The molecule has 1 saturated heterocycles. The molecule has 5 rings (SSSR count). The van der Waals surface area contributed by atoms with E-state index in [-0.39, 0.29) is 0 Å². The highest BCUT2D eigenvalue weighted by Gasteiger charge is 2.15. The van der Waals surface area contributed by atoms with Gasteiger partial charge in [-0.15, -0.1) is 5.10 Å². The second-order valence-corrected chi connectivity index (χ2v) is 7.59. The minimum atomic E-state index is 0.587. The van der Waals surface area contributed by atoms with Gasteiger partial charge in [0.25, 0.3) is 0 Å². The number of fused-ring (bicyclic) bond motifs is 2. The first-order valence-electron chi connectivity index (χ1n) is 10.1. The molecule has 150 valence electrons. The molecule has 1 aliphatic heterocycles. The number of para-hydroxylation sites is 1. The molecule has 1 aliphatic rings. The number of imidazole rings is 1. The van der Waals surface area contributed by atoms with Gasteiger partial charge in [0.05, 0.1) is 12.2 Å². The van der Waals surface area contributed by atoms with Crippen molar-refractivity contribution in [2.75, 3.05) is 46.4 Å². The normalized spacial score (nSPS) is 16.0. The summed E-state index contributed by atoms with van der Waals surface area (Å²) in [6.07, 6.45) is 4.55. The first-order chi connectivity index (χ1) is 14.3. The molecule has 1 fully saturated rings. The van der Waals surface area contributed by atoms with Crippen LogP contribution in [0.15, 0.2) is 53.2 Å². The summed E-state index contributed by atoms with van der Waals surface area (Å²) in [6, 6.07) is 12.0. The number of piperazine rings is 1. The maximum Gasteiger partial charge on any atom is 0.232 e. The molecule has 0 amide bonds. The third kappa shape index (κ3) is 3.83. The van der Waals surface area contributed by atoms with Crippen LogP contribution in [0, 0.1) is 0 Å². The first kappa shape index (κ1) is 18.1. The maximum atomic E-state index is 6.05. The largest absolute Gasteiger partial charge is 0.477 e. The van der Waals surface area contributed by atoms with Gasteiger partial charge in [0.1, 0.15) is 11.3 Å². The molecule has 0 atom stereocenters. The summed E-state index contributed by atoms with van der Waals surface area (Å²) in [5.41, 5.74) is 2.50. The van der Waals surface area contributed by atoms with E-state index in [1.807, 2.05) is 42.6 Å². The van der Waals surface area contributed by atoms with E-state index in [9.17, 15) is 0 Å². The van der Waals surface area contributed by atoms with E-state index in [2.05, 4.69) is 26.9 Å². The molecule has 4 aromatic rings. The fourth-order valence-electron chi connectivity index (χ4n) is 3.80. The number of hydrogen-bond acceptors (Lipinski definition) is 6. The van der Waals surface area contributed by atoms with Crippen molar-refractivity contribution in [3.8, 4) is 17.2 Å². The van der Waals surface area contributed by atoms with E-state index in [1.54, 1.807) is 10.7 Å². The van der Waals surface area contributed by atoms with E-state index >= 15 is 0 Å². The molecule has 0 saturated carbocycles.